The highest BCUT2D eigenvalue weighted by Crippen LogP contribution is 2.13. The predicted molar refractivity (Wildman–Crippen MR) is 112 cm³/mol. The first-order chi connectivity index (χ1) is 13.0. The normalized spacial score (nSPS) is 15.9. The van der Waals surface area contributed by atoms with Crippen molar-refractivity contribution < 1.29 is 4.79 Å². The molecular formula is C20H32ClN5O. The van der Waals surface area contributed by atoms with Gasteiger partial charge in [-0.15, -0.1) is 0 Å². The largest absolute Gasteiger partial charge is 0.357 e. The Morgan fingerprint density at radius 3 is 2.41 bits per heavy atom. The van der Waals surface area contributed by atoms with E-state index in [1.165, 1.54) is 5.56 Å². The molecule has 1 aliphatic heterocycles. The highest BCUT2D eigenvalue weighted by Gasteiger charge is 2.19. The van der Waals surface area contributed by atoms with Gasteiger partial charge in [0.05, 0.1) is 6.54 Å². The Bertz CT molecular complexity index is 609. The number of aliphatic imine (C=N–C) groups is 1. The molecule has 0 aromatic heterocycles. The Hall–Kier alpha value is -1.79. The van der Waals surface area contributed by atoms with Crippen LogP contribution in [0.15, 0.2) is 29.3 Å². The number of benzene rings is 1. The van der Waals surface area contributed by atoms with E-state index < -0.39 is 0 Å². The predicted octanol–water partition coefficient (Wildman–Crippen LogP) is 2.20. The number of carbonyl (C=O) groups excluding carboxylic acids is 1. The minimum atomic E-state index is 0.0101. The molecule has 1 amide bonds. The fourth-order valence-electron chi connectivity index (χ4n) is 2.94. The van der Waals surface area contributed by atoms with Gasteiger partial charge in [0.25, 0.3) is 0 Å². The third-order valence-corrected chi connectivity index (χ3v) is 4.78. The quantitative estimate of drug-likeness (QED) is 0.423. The summed E-state index contributed by atoms with van der Waals surface area (Å²) in [7, 11) is 0. The molecular weight excluding hydrogens is 362 g/mol. The Balaban J connectivity index is 1.80. The lowest BCUT2D eigenvalue weighted by atomic mass is 10.2. The SMILES string of the molecule is CCNC(=NCCNC(=O)C(C)C)N1CCN(Cc2ccc(Cl)cc2)CC1. The molecule has 0 aliphatic carbocycles. The fraction of sp³-hybridized carbons (Fsp3) is 0.600. The van der Waals surface area contributed by atoms with Crippen LogP contribution in [0.4, 0.5) is 0 Å². The Kier molecular flexibility index (Phi) is 8.88. The number of nitrogens with zero attached hydrogens (tertiary/aromatic N) is 3. The van der Waals surface area contributed by atoms with Crippen LogP contribution in [0.3, 0.4) is 0 Å². The minimum Gasteiger partial charge on any atom is -0.357 e. The monoisotopic (exact) mass is 393 g/mol. The molecule has 1 saturated heterocycles. The summed E-state index contributed by atoms with van der Waals surface area (Å²) in [5.41, 5.74) is 1.29. The number of halogens is 1. The molecule has 27 heavy (non-hydrogen) atoms. The molecule has 0 saturated carbocycles. The van der Waals surface area contributed by atoms with Gasteiger partial charge in [-0.1, -0.05) is 37.6 Å². The van der Waals surface area contributed by atoms with Gasteiger partial charge in [0.1, 0.15) is 0 Å². The molecule has 6 nitrogen and oxygen atoms in total. The van der Waals surface area contributed by atoms with Gasteiger partial charge in [0.2, 0.25) is 5.91 Å². The van der Waals surface area contributed by atoms with Crippen molar-refractivity contribution >= 4 is 23.5 Å². The number of rotatable bonds is 7. The standard InChI is InChI=1S/C20H32ClN5O/c1-4-22-20(24-10-9-23-19(27)16(2)3)26-13-11-25(12-14-26)15-17-5-7-18(21)8-6-17/h5-8,16H,4,9-15H2,1-3H3,(H,22,24)(H,23,27). The number of amides is 1. The molecule has 0 spiro atoms. The average Bonchev–Trinajstić information content (AvgIpc) is 2.66. The van der Waals surface area contributed by atoms with E-state index in [0.717, 1.165) is 50.3 Å². The van der Waals surface area contributed by atoms with E-state index in [1.54, 1.807) is 0 Å². The first-order valence-electron chi connectivity index (χ1n) is 9.77. The number of carbonyl (C=O) groups is 1. The van der Waals surface area contributed by atoms with Gasteiger partial charge in [-0.05, 0) is 24.6 Å². The van der Waals surface area contributed by atoms with Crippen LogP contribution in [-0.4, -0.2) is 67.5 Å². The van der Waals surface area contributed by atoms with Crippen LogP contribution in [0, 0.1) is 5.92 Å². The van der Waals surface area contributed by atoms with Crippen molar-refractivity contribution in [1.29, 1.82) is 0 Å². The van der Waals surface area contributed by atoms with Crippen LogP contribution in [0.5, 0.6) is 0 Å². The molecule has 1 aromatic rings. The third kappa shape index (κ3) is 7.39. The molecule has 2 N–H and O–H groups in total. The maximum atomic E-state index is 11.6. The van der Waals surface area contributed by atoms with E-state index >= 15 is 0 Å². The van der Waals surface area contributed by atoms with Gasteiger partial charge in [-0.3, -0.25) is 14.7 Å². The molecule has 2 rings (SSSR count). The van der Waals surface area contributed by atoms with E-state index in [0.29, 0.717) is 13.1 Å². The first kappa shape index (κ1) is 21.5. The second-order valence-corrected chi connectivity index (χ2v) is 7.51. The van der Waals surface area contributed by atoms with Crippen molar-refractivity contribution in [2.45, 2.75) is 27.3 Å². The molecule has 150 valence electrons. The third-order valence-electron chi connectivity index (χ3n) is 4.52. The van der Waals surface area contributed by atoms with Gasteiger partial charge >= 0.3 is 0 Å². The van der Waals surface area contributed by atoms with Crippen molar-refractivity contribution in [3.8, 4) is 0 Å². The molecule has 1 aliphatic rings. The average molecular weight is 394 g/mol. The fourth-order valence-corrected chi connectivity index (χ4v) is 3.06. The first-order valence-corrected chi connectivity index (χ1v) is 10.1. The van der Waals surface area contributed by atoms with Crippen molar-refractivity contribution in [3.05, 3.63) is 34.9 Å². The lowest BCUT2D eigenvalue weighted by Gasteiger charge is -2.36. The lowest BCUT2D eigenvalue weighted by Crippen LogP contribution is -2.52. The molecule has 0 bridgehead atoms. The van der Waals surface area contributed by atoms with Gasteiger partial charge < -0.3 is 15.5 Å². The topological polar surface area (TPSA) is 60.0 Å². The van der Waals surface area contributed by atoms with Crippen LogP contribution in [0.1, 0.15) is 26.3 Å². The molecule has 0 radical (unpaired) electrons. The maximum absolute atomic E-state index is 11.6. The molecule has 1 aromatic carbocycles. The molecule has 1 fully saturated rings. The number of hydrogen-bond acceptors (Lipinski definition) is 3. The molecule has 1 heterocycles. The zero-order chi connectivity index (χ0) is 19.6. The summed E-state index contributed by atoms with van der Waals surface area (Å²) < 4.78 is 0. The van der Waals surface area contributed by atoms with E-state index in [-0.39, 0.29) is 11.8 Å². The molecule has 7 heteroatoms. The van der Waals surface area contributed by atoms with E-state index in [9.17, 15) is 4.79 Å². The number of guanidine groups is 1. The van der Waals surface area contributed by atoms with E-state index in [4.69, 9.17) is 11.6 Å². The van der Waals surface area contributed by atoms with Crippen LogP contribution in [-0.2, 0) is 11.3 Å². The second-order valence-electron chi connectivity index (χ2n) is 7.07. The van der Waals surface area contributed by atoms with Crippen molar-refractivity contribution in [2.24, 2.45) is 10.9 Å². The number of hydrogen-bond donors (Lipinski definition) is 2. The van der Waals surface area contributed by atoms with Crippen LogP contribution in [0.2, 0.25) is 5.02 Å². The van der Waals surface area contributed by atoms with Gasteiger partial charge in [-0.2, -0.15) is 0 Å². The number of piperazine rings is 1. The summed E-state index contributed by atoms with van der Waals surface area (Å²) in [6.07, 6.45) is 0. The summed E-state index contributed by atoms with van der Waals surface area (Å²) in [6.45, 7) is 12.7. The summed E-state index contributed by atoms with van der Waals surface area (Å²) in [5, 5.41) is 7.05. The Morgan fingerprint density at radius 2 is 1.81 bits per heavy atom. The van der Waals surface area contributed by atoms with Gasteiger partial charge in [-0.25, -0.2) is 0 Å². The highest BCUT2D eigenvalue weighted by molar-refractivity contribution is 6.30. The summed E-state index contributed by atoms with van der Waals surface area (Å²) in [4.78, 5) is 21.0. The Morgan fingerprint density at radius 1 is 1.15 bits per heavy atom. The summed E-state index contributed by atoms with van der Waals surface area (Å²) in [5.74, 6) is 1.02. The van der Waals surface area contributed by atoms with Crippen LogP contribution < -0.4 is 10.6 Å². The zero-order valence-electron chi connectivity index (χ0n) is 16.7. The smallest absolute Gasteiger partial charge is 0.222 e. The van der Waals surface area contributed by atoms with Crippen LogP contribution in [0.25, 0.3) is 0 Å². The zero-order valence-corrected chi connectivity index (χ0v) is 17.4. The second kappa shape index (κ2) is 11.1. The number of nitrogens with one attached hydrogen (secondary N) is 2. The van der Waals surface area contributed by atoms with Crippen LogP contribution >= 0.6 is 11.6 Å². The van der Waals surface area contributed by atoms with Gasteiger partial charge in [0.15, 0.2) is 5.96 Å². The van der Waals surface area contributed by atoms with Crippen molar-refractivity contribution in [2.75, 3.05) is 45.8 Å². The van der Waals surface area contributed by atoms with Gasteiger partial charge in [0, 0.05) is 56.8 Å². The highest BCUT2D eigenvalue weighted by atomic mass is 35.5. The van der Waals surface area contributed by atoms with E-state index in [1.807, 2.05) is 26.0 Å². The van der Waals surface area contributed by atoms with Crippen molar-refractivity contribution in [3.63, 3.8) is 0 Å². The van der Waals surface area contributed by atoms with E-state index in [2.05, 4.69) is 44.5 Å². The van der Waals surface area contributed by atoms with Crippen molar-refractivity contribution in [1.82, 2.24) is 20.4 Å². The maximum Gasteiger partial charge on any atom is 0.222 e. The Labute approximate surface area is 168 Å². The summed E-state index contributed by atoms with van der Waals surface area (Å²) >= 11 is 5.96. The molecule has 0 atom stereocenters. The molecule has 0 unspecified atom stereocenters. The lowest BCUT2D eigenvalue weighted by molar-refractivity contribution is -0.123. The summed E-state index contributed by atoms with van der Waals surface area (Å²) in [6, 6.07) is 8.07. The minimum absolute atomic E-state index is 0.0101.